The quantitative estimate of drug-likeness (QED) is 0.660. The number of nitrogens with zero attached hydrogens (tertiary/aromatic N) is 2. The third kappa shape index (κ3) is 3.80. The smallest absolute Gasteiger partial charge is 0.307 e. The summed E-state index contributed by atoms with van der Waals surface area (Å²) in [6.07, 6.45) is 1.67. The molecule has 7 heteroatoms. The summed E-state index contributed by atoms with van der Waals surface area (Å²) in [5.74, 6) is -0.981. The number of piperidine rings is 1. The average molecular weight is 346 g/mol. The van der Waals surface area contributed by atoms with E-state index >= 15 is 0 Å². The molecule has 0 saturated carbocycles. The molecular weight excluding hydrogens is 328 g/mol. The van der Waals surface area contributed by atoms with Gasteiger partial charge in [-0.3, -0.25) is 19.8 Å². The Morgan fingerprint density at radius 3 is 2.71 bits per heavy atom. The molecule has 0 aliphatic carbocycles. The molecule has 1 aromatic heterocycles. The van der Waals surface area contributed by atoms with E-state index in [0.29, 0.717) is 6.54 Å². The van der Waals surface area contributed by atoms with Crippen LogP contribution in [0.25, 0.3) is 10.4 Å². The van der Waals surface area contributed by atoms with Crippen molar-refractivity contribution in [3.05, 3.63) is 51.4 Å². The van der Waals surface area contributed by atoms with Crippen LogP contribution in [0.3, 0.4) is 0 Å². The molecule has 1 saturated heterocycles. The molecule has 2 aromatic rings. The van der Waals surface area contributed by atoms with Gasteiger partial charge in [0.15, 0.2) is 0 Å². The Hall–Kier alpha value is -2.25. The second kappa shape index (κ2) is 7.11. The SMILES string of the molecule is O=C(O)C1CCCN(Cc2ccc(-c3ccc([N+](=O)[O-])cc3)s2)C1. The lowest BCUT2D eigenvalue weighted by Gasteiger charge is -2.30. The summed E-state index contributed by atoms with van der Waals surface area (Å²) in [5, 5.41) is 19.9. The Bertz CT molecular complexity index is 741. The summed E-state index contributed by atoms with van der Waals surface area (Å²) in [5.41, 5.74) is 1.04. The first-order valence-electron chi connectivity index (χ1n) is 7.81. The van der Waals surface area contributed by atoms with Gasteiger partial charge in [-0.05, 0) is 49.2 Å². The van der Waals surface area contributed by atoms with Crippen LogP contribution >= 0.6 is 11.3 Å². The highest BCUT2D eigenvalue weighted by atomic mass is 32.1. The van der Waals surface area contributed by atoms with Gasteiger partial charge in [-0.2, -0.15) is 0 Å². The number of rotatable bonds is 5. The van der Waals surface area contributed by atoms with E-state index < -0.39 is 10.9 Å². The molecule has 1 aliphatic heterocycles. The fourth-order valence-electron chi connectivity index (χ4n) is 2.99. The number of nitro benzene ring substituents is 1. The van der Waals surface area contributed by atoms with Crippen molar-refractivity contribution < 1.29 is 14.8 Å². The molecule has 1 aliphatic rings. The molecule has 0 spiro atoms. The highest BCUT2D eigenvalue weighted by Crippen LogP contribution is 2.30. The topological polar surface area (TPSA) is 83.7 Å². The molecule has 6 nitrogen and oxygen atoms in total. The largest absolute Gasteiger partial charge is 0.481 e. The number of carboxylic acid groups (broad SMARTS) is 1. The van der Waals surface area contributed by atoms with Crippen LogP contribution in [0.15, 0.2) is 36.4 Å². The molecule has 1 atom stereocenters. The van der Waals surface area contributed by atoms with E-state index in [-0.39, 0.29) is 11.6 Å². The maximum absolute atomic E-state index is 11.1. The van der Waals surface area contributed by atoms with Gasteiger partial charge in [0.1, 0.15) is 0 Å². The summed E-state index contributed by atoms with van der Waals surface area (Å²) >= 11 is 1.64. The standard InChI is InChI=1S/C17H18N2O4S/c20-17(21)13-2-1-9-18(10-13)11-15-7-8-16(24-15)12-3-5-14(6-4-12)19(22)23/h3-8,13H,1-2,9-11H2,(H,20,21). The van der Waals surface area contributed by atoms with Crippen molar-refractivity contribution in [3.8, 4) is 10.4 Å². The summed E-state index contributed by atoms with van der Waals surface area (Å²) in [6.45, 7) is 2.27. The van der Waals surface area contributed by atoms with Crippen molar-refractivity contribution in [2.45, 2.75) is 19.4 Å². The van der Waals surface area contributed by atoms with E-state index in [9.17, 15) is 14.9 Å². The van der Waals surface area contributed by atoms with Gasteiger partial charge in [0.2, 0.25) is 0 Å². The van der Waals surface area contributed by atoms with Crippen molar-refractivity contribution in [1.82, 2.24) is 4.90 Å². The van der Waals surface area contributed by atoms with Crippen LogP contribution in [0.2, 0.25) is 0 Å². The van der Waals surface area contributed by atoms with Crippen LogP contribution in [0.4, 0.5) is 5.69 Å². The fraction of sp³-hybridized carbons (Fsp3) is 0.353. The molecule has 24 heavy (non-hydrogen) atoms. The number of hydrogen-bond acceptors (Lipinski definition) is 5. The van der Waals surface area contributed by atoms with E-state index in [1.54, 1.807) is 23.5 Å². The monoisotopic (exact) mass is 346 g/mol. The third-order valence-corrected chi connectivity index (χ3v) is 5.38. The number of non-ortho nitro benzene ring substituents is 1. The molecule has 1 unspecified atom stereocenters. The minimum Gasteiger partial charge on any atom is -0.481 e. The summed E-state index contributed by atoms with van der Waals surface area (Å²) < 4.78 is 0. The number of likely N-dealkylation sites (tertiary alicyclic amines) is 1. The fourth-order valence-corrected chi connectivity index (χ4v) is 4.04. The molecule has 1 aromatic carbocycles. The molecule has 0 bridgehead atoms. The van der Waals surface area contributed by atoms with Gasteiger partial charge < -0.3 is 5.11 Å². The van der Waals surface area contributed by atoms with Crippen LogP contribution in [-0.4, -0.2) is 34.0 Å². The maximum Gasteiger partial charge on any atom is 0.307 e. The van der Waals surface area contributed by atoms with E-state index in [2.05, 4.69) is 4.90 Å². The average Bonchev–Trinajstić information content (AvgIpc) is 3.03. The molecular formula is C17H18N2O4S. The van der Waals surface area contributed by atoms with Crippen molar-refractivity contribution in [2.75, 3.05) is 13.1 Å². The van der Waals surface area contributed by atoms with E-state index in [0.717, 1.165) is 36.4 Å². The Balaban J connectivity index is 1.67. The number of aliphatic carboxylic acids is 1. The van der Waals surface area contributed by atoms with E-state index in [1.807, 2.05) is 12.1 Å². The van der Waals surface area contributed by atoms with Crippen LogP contribution < -0.4 is 0 Å². The zero-order chi connectivity index (χ0) is 17.1. The highest BCUT2D eigenvalue weighted by Gasteiger charge is 2.25. The number of carboxylic acids is 1. The van der Waals surface area contributed by atoms with Gasteiger partial charge in [0.25, 0.3) is 5.69 Å². The molecule has 0 radical (unpaired) electrons. The van der Waals surface area contributed by atoms with E-state index in [4.69, 9.17) is 5.11 Å². The molecule has 3 rings (SSSR count). The number of nitro groups is 1. The lowest BCUT2D eigenvalue weighted by molar-refractivity contribution is -0.384. The number of carbonyl (C=O) groups is 1. The number of hydrogen-bond donors (Lipinski definition) is 1. The predicted molar refractivity (Wildman–Crippen MR) is 92.0 cm³/mol. The zero-order valence-electron chi connectivity index (χ0n) is 13.1. The Kier molecular flexibility index (Phi) is 4.92. The van der Waals surface area contributed by atoms with Gasteiger partial charge in [-0.1, -0.05) is 0 Å². The Labute approximate surface area is 143 Å². The molecule has 126 valence electrons. The predicted octanol–water partition coefficient (Wildman–Crippen LogP) is 3.62. The Morgan fingerprint density at radius 1 is 1.29 bits per heavy atom. The molecule has 2 heterocycles. The maximum atomic E-state index is 11.1. The number of thiophene rings is 1. The van der Waals surface area contributed by atoms with Crippen molar-refractivity contribution >= 4 is 23.0 Å². The van der Waals surface area contributed by atoms with Crippen molar-refractivity contribution in [1.29, 1.82) is 0 Å². The zero-order valence-corrected chi connectivity index (χ0v) is 13.9. The first kappa shape index (κ1) is 16.6. The lowest BCUT2D eigenvalue weighted by atomic mass is 9.98. The summed E-state index contributed by atoms with van der Waals surface area (Å²) in [6, 6.07) is 10.6. The first-order chi connectivity index (χ1) is 11.5. The van der Waals surface area contributed by atoms with Gasteiger partial charge in [0.05, 0.1) is 10.8 Å². The molecule has 1 N–H and O–H groups in total. The molecule has 0 amide bonds. The minimum absolute atomic E-state index is 0.0866. The van der Waals surface area contributed by atoms with Crippen LogP contribution in [0.5, 0.6) is 0 Å². The van der Waals surface area contributed by atoms with Gasteiger partial charge in [0, 0.05) is 35.0 Å². The normalized spacial score (nSPS) is 18.4. The van der Waals surface area contributed by atoms with Gasteiger partial charge >= 0.3 is 5.97 Å². The third-order valence-electron chi connectivity index (χ3n) is 4.26. The second-order valence-corrected chi connectivity index (χ2v) is 7.15. The minimum atomic E-state index is -0.711. The van der Waals surface area contributed by atoms with Crippen molar-refractivity contribution in [3.63, 3.8) is 0 Å². The van der Waals surface area contributed by atoms with Crippen LogP contribution in [0, 0.1) is 16.0 Å². The summed E-state index contributed by atoms with van der Waals surface area (Å²) in [7, 11) is 0. The van der Waals surface area contributed by atoms with Crippen LogP contribution in [-0.2, 0) is 11.3 Å². The van der Waals surface area contributed by atoms with E-state index in [1.165, 1.54) is 17.0 Å². The van der Waals surface area contributed by atoms with Crippen molar-refractivity contribution in [2.24, 2.45) is 5.92 Å². The lowest BCUT2D eigenvalue weighted by Crippen LogP contribution is -2.37. The second-order valence-electron chi connectivity index (χ2n) is 5.98. The number of benzene rings is 1. The molecule has 1 fully saturated rings. The van der Waals surface area contributed by atoms with Crippen LogP contribution in [0.1, 0.15) is 17.7 Å². The highest BCUT2D eigenvalue weighted by molar-refractivity contribution is 7.15. The van der Waals surface area contributed by atoms with Gasteiger partial charge in [-0.25, -0.2) is 0 Å². The summed E-state index contributed by atoms with van der Waals surface area (Å²) in [4.78, 5) is 25.9. The first-order valence-corrected chi connectivity index (χ1v) is 8.63. The van der Waals surface area contributed by atoms with Gasteiger partial charge in [-0.15, -0.1) is 11.3 Å². The Morgan fingerprint density at radius 2 is 2.04 bits per heavy atom.